The van der Waals surface area contributed by atoms with Gasteiger partial charge in [-0.3, -0.25) is 14.5 Å². The predicted molar refractivity (Wildman–Crippen MR) is 133 cm³/mol. The number of anilines is 1. The molecule has 1 aliphatic heterocycles. The molecule has 3 aromatic rings. The lowest BCUT2D eigenvalue weighted by molar-refractivity contribution is -0.132. The molecular weight excluding hydrogens is 446 g/mol. The maximum absolute atomic E-state index is 13.2. The second-order valence-corrected chi connectivity index (χ2v) is 8.66. The summed E-state index contributed by atoms with van der Waals surface area (Å²) in [5, 5.41) is 21.7. The van der Waals surface area contributed by atoms with Crippen LogP contribution in [0.5, 0.6) is 17.2 Å². The van der Waals surface area contributed by atoms with Crippen LogP contribution in [-0.2, 0) is 9.59 Å². The van der Waals surface area contributed by atoms with E-state index >= 15 is 0 Å². The molecule has 0 aliphatic carbocycles. The summed E-state index contributed by atoms with van der Waals surface area (Å²) < 4.78 is 10.9. The largest absolute Gasteiger partial charge is 0.507 e. The number of aliphatic hydroxyl groups is 1. The number of aliphatic hydroxyl groups excluding tert-OH is 1. The number of Topliss-reactive ketones (excluding diaryl/α,β-unsaturated/α-hetero) is 1. The zero-order chi connectivity index (χ0) is 25.1. The summed E-state index contributed by atoms with van der Waals surface area (Å²) in [6, 6.07) is 18.9. The van der Waals surface area contributed by atoms with Gasteiger partial charge in [0.2, 0.25) is 0 Å². The first-order chi connectivity index (χ1) is 16.8. The molecule has 0 aromatic heterocycles. The van der Waals surface area contributed by atoms with Crippen LogP contribution in [0, 0.1) is 5.92 Å². The molecule has 2 N–H and O–H groups in total. The summed E-state index contributed by atoms with van der Waals surface area (Å²) in [6.45, 7) is 4.64. The minimum atomic E-state index is -0.953. The van der Waals surface area contributed by atoms with Gasteiger partial charge in [0.1, 0.15) is 23.0 Å². The third kappa shape index (κ3) is 4.71. The van der Waals surface area contributed by atoms with Gasteiger partial charge in [-0.25, -0.2) is 0 Å². The van der Waals surface area contributed by atoms with Crippen LogP contribution >= 0.6 is 0 Å². The fourth-order valence-corrected chi connectivity index (χ4v) is 3.98. The number of methoxy groups -OCH3 is 1. The molecule has 7 nitrogen and oxygen atoms in total. The van der Waals surface area contributed by atoms with Gasteiger partial charge < -0.3 is 19.7 Å². The summed E-state index contributed by atoms with van der Waals surface area (Å²) in [5.41, 5.74) is 1.05. The number of benzene rings is 3. The van der Waals surface area contributed by atoms with Crippen LogP contribution in [-0.4, -0.2) is 35.6 Å². The van der Waals surface area contributed by atoms with E-state index in [2.05, 4.69) is 0 Å². The Kier molecular flexibility index (Phi) is 6.78. The highest BCUT2D eigenvalue weighted by molar-refractivity contribution is 6.51. The number of hydrogen-bond donors (Lipinski definition) is 2. The van der Waals surface area contributed by atoms with Crippen LogP contribution in [0.3, 0.4) is 0 Å². The average molecular weight is 474 g/mol. The molecule has 1 aliphatic rings. The zero-order valence-electron chi connectivity index (χ0n) is 19.8. The molecule has 1 fully saturated rings. The van der Waals surface area contributed by atoms with Gasteiger partial charge in [-0.15, -0.1) is 0 Å². The summed E-state index contributed by atoms with van der Waals surface area (Å²) >= 11 is 0. The molecule has 1 saturated heterocycles. The third-order valence-corrected chi connectivity index (χ3v) is 5.73. The highest BCUT2D eigenvalue weighted by Crippen LogP contribution is 2.44. The molecule has 0 bridgehead atoms. The first-order valence-electron chi connectivity index (χ1n) is 11.3. The van der Waals surface area contributed by atoms with Crippen molar-refractivity contribution in [2.75, 3.05) is 18.6 Å². The van der Waals surface area contributed by atoms with E-state index in [-0.39, 0.29) is 22.8 Å². The van der Waals surface area contributed by atoms with Crippen LogP contribution in [0.15, 0.2) is 78.4 Å². The smallest absolute Gasteiger partial charge is 0.300 e. The Labute approximate surface area is 203 Å². The molecule has 1 unspecified atom stereocenters. The number of phenolic OH excluding ortho intramolecular Hbond substituents is 1. The van der Waals surface area contributed by atoms with Crippen molar-refractivity contribution < 1.29 is 29.3 Å². The number of carbonyl (C=O) groups is 2. The minimum absolute atomic E-state index is 0.0701. The summed E-state index contributed by atoms with van der Waals surface area (Å²) in [6.07, 6.45) is 0. The molecule has 0 radical (unpaired) electrons. The van der Waals surface area contributed by atoms with Gasteiger partial charge in [0.15, 0.2) is 0 Å². The lowest BCUT2D eigenvalue weighted by Gasteiger charge is -2.26. The van der Waals surface area contributed by atoms with Gasteiger partial charge in [-0.1, -0.05) is 38.1 Å². The van der Waals surface area contributed by atoms with Crippen molar-refractivity contribution in [3.8, 4) is 17.2 Å². The van der Waals surface area contributed by atoms with E-state index in [4.69, 9.17) is 9.47 Å². The number of nitrogens with zero attached hydrogens (tertiary/aromatic N) is 1. The number of rotatable bonds is 7. The predicted octanol–water partition coefficient (Wildman–Crippen LogP) is 5.06. The van der Waals surface area contributed by atoms with Crippen LogP contribution in [0.25, 0.3) is 5.76 Å². The lowest BCUT2D eigenvalue weighted by atomic mass is 9.95. The van der Waals surface area contributed by atoms with Gasteiger partial charge in [-0.05, 0) is 60.0 Å². The molecule has 7 heteroatoms. The topological polar surface area (TPSA) is 96.3 Å². The molecule has 180 valence electrons. The van der Waals surface area contributed by atoms with E-state index < -0.39 is 17.7 Å². The van der Waals surface area contributed by atoms with E-state index in [1.807, 2.05) is 13.8 Å². The minimum Gasteiger partial charge on any atom is -0.507 e. The Morgan fingerprint density at radius 2 is 1.57 bits per heavy atom. The number of amides is 1. The molecule has 1 heterocycles. The highest BCUT2D eigenvalue weighted by Gasteiger charge is 2.47. The van der Waals surface area contributed by atoms with Crippen molar-refractivity contribution in [2.24, 2.45) is 5.92 Å². The highest BCUT2D eigenvalue weighted by atomic mass is 16.5. The average Bonchev–Trinajstić information content (AvgIpc) is 3.13. The number of ketones is 1. The summed E-state index contributed by atoms with van der Waals surface area (Å²) in [7, 11) is 1.54. The van der Waals surface area contributed by atoms with E-state index in [1.165, 1.54) is 18.1 Å². The van der Waals surface area contributed by atoms with Crippen LogP contribution in [0.1, 0.15) is 31.0 Å². The Morgan fingerprint density at radius 3 is 2.17 bits per heavy atom. The standard InChI is InChI=1S/C28H27NO6/c1-17(2)16-35-21-14-10-19(11-15-21)26(31)24-25(18-8-12-20(34-3)13-9-18)29(28(33)27(24)32)22-6-4-5-7-23(22)30/h4-15,17,25,30-31H,16H2,1-3H3/b26-24+. The van der Waals surface area contributed by atoms with Gasteiger partial charge in [0, 0.05) is 5.56 Å². The number of ether oxygens (including phenoxy) is 2. The Balaban J connectivity index is 1.83. The van der Waals surface area contributed by atoms with Crippen molar-refractivity contribution in [2.45, 2.75) is 19.9 Å². The molecular formula is C28H27NO6. The molecule has 1 atom stereocenters. The van der Waals surface area contributed by atoms with E-state index in [9.17, 15) is 19.8 Å². The molecule has 0 spiro atoms. The Bertz CT molecular complexity index is 1260. The van der Waals surface area contributed by atoms with Crippen molar-refractivity contribution in [3.05, 3.63) is 89.5 Å². The molecule has 1 amide bonds. The molecule has 35 heavy (non-hydrogen) atoms. The van der Waals surface area contributed by atoms with Crippen molar-refractivity contribution in [1.82, 2.24) is 0 Å². The van der Waals surface area contributed by atoms with Crippen molar-refractivity contribution >= 4 is 23.1 Å². The van der Waals surface area contributed by atoms with E-state index in [0.29, 0.717) is 35.2 Å². The number of phenols is 1. The Morgan fingerprint density at radius 1 is 0.943 bits per heavy atom. The first-order valence-corrected chi connectivity index (χ1v) is 11.3. The van der Waals surface area contributed by atoms with Gasteiger partial charge in [-0.2, -0.15) is 0 Å². The van der Waals surface area contributed by atoms with E-state index in [1.54, 1.807) is 66.7 Å². The summed E-state index contributed by atoms with van der Waals surface area (Å²) in [4.78, 5) is 27.6. The number of aromatic hydroxyl groups is 1. The molecule has 3 aromatic carbocycles. The van der Waals surface area contributed by atoms with Crippen LogP contribution < -0.4 is 14.4 Å². The maximum Gasteiger partial charge on any atom is 0.300 e. The normalized spacial score (nSPS) is 17.1. The SMILES string of the molecule is COc1ccc(C2/C(=C(\O)c3ccc(OCC(C)C)cc3)C(=O)C(=O)N2c2ccccc2O)cc1. The Hall–Kier alpha value is -4.26. The fourth-order valence-electron chi connectivity index (χ4n) is 3.98. The van der Waals surface area contributed by atoms with Gasteiger partial charge >= 0.3 is 0 Å². The zero-order valence-corrected chi connectivity index (χ0v) is 19.8. The second kappa shape index (κ2) is 9.93. The van der Waals surface area contributed by atoms with Crippen molar-refractivity contribution in [1.29, 1.82) is 0 Å². The van der Waals surface area contributed by atoms with Crippen LogP contribution in [0.2, 0.25) is 0 Å². The first kappa shape index (κ1) is 23.9. The molecule has 4 rings (SSSR count). The number of carbonyl (C=O) groups excluding carboxylic acids is 2. The third-order valence-electron chi connectivity index (χ3n) is 5.73. The van der Waals surface area contributed by atoms with E-state index in [0.717, 1.165) is 0 Å². The number of para-hydroxylation sites is 2. The van der Waals surface area contributed by atoms with Crippen LogP contribution in [0.4, 0.5) is 5.69 Å². The quantitative estimate of drug-likeness (QED) is 0.283. The fraction of sp³-hybridized carbons (Fsp3) is 0.214. The summed E-state index contributed by atoms with van der Waals surface area (Å²) in [5.74, 6) is -0.547. The molecule has 0 saturated carbocycles. The number of hydrogen-bond acceptors (Lipinski definition) is 6. The lowest BCUT2D eigenvalue weighted by Crippen LogP contribution is -2.29. The van der Waals surface area contributed by atoms with Gasteiger partial charge in [0.25, 0.3) is 11.7 Å². The van der Waals surface area contributed by atoms with Crippen molar-refractivity contribution in [3.63, 3.8) is 0 Å². The second-order valence-electron chi connectivity index (χ2n) is 8.66. The van der Waals surface area contributed by atoms with Gasteiger partial charge in [0.05, 0.1) is 31.0 Å². The maximum atomic E-state index is 13.2. The monoisotopic (exact) mass is 473 g/mol.